The highest BCUT2D eigenvalue weighted by Crippen LogP contribution is 2.29. The fourth-order valence-electron chi connectivity index (χ4n) is 2.70. The Balaban J connectivity index is 2.00. The first-order valence-electron chi connectivity index (χ1n) is 6.44. The SMILES string of the molecule is C[C@@H]1CCCN(C(=O)[C@H]2CSCCS2)[C@@H]1CN. The molecule has 2 saturated heterocycles. The topological polar surface area (TPSA) is 46.3 Å². The van der Waals surface area contributed by atoms with Crippen LogP contribution in [0.25, 0.3) is 0 Å². The van der Waals surface area contributed by atoms with Crippen molar-refractivity contribution in [2.75, 3.05) is 30.3 Å². The number of likely N-dealkylation sites (tertiary alicyclic amines) is 1. The Morgan fingerprint density at radius 2 is 2.29 bits per heavy atom. The molecule has 2 aliphatic rings. The van der Waals surface area contributed by atoms with Gasteiger partial charge in [-0.05, 0) is 18.8 Å². The first kappa shape index (κ1) is 13.6. The molecule has 0 saturated carbocycles. The van der Waals surface area contributed by atoms with Crippen LogP contribution in [0.5, 0.6) is 0 Å². The number of rotatable bonds is 2. The Labute approximate surface area is 112 Å². The van der Waals surface area contributed by atoms with Crippen molar-refractivity contribution >= 4 is 29.4 Å². The molecule has 3 nitrogen and oxygen atoms in total. The third-order valence-electron chi connectivity index (χ3n) is 3.73. The molecule has 98 valence electrons. The molecule has 2 fully saturated rings. The minimum Gasteiger partial charge on any atom is -0.337 e. The molecule has 0 aromatic rings. The lowest BCUT2D eigenvalue weighted by Gasteiger charge is -2.41. The van der Waals surface area contributed by atoms with Gasteiger partial charge in [0.15, 0.2) is 0 Å². The largest absolute Gasteiger partial charge is 0.337 e. The predicted molar refractivity (Wildman–Crippen MR) is 76.5 cm³/mol. The summed E-state index contributed by atoms with van der Waals surface area (Å²) in [4.78, 5) is 14.6. The predicted octanol–water partition coefficient (Wildman–Crippen LogP) is 1.42. The molecule has 0 aromatic carbocycles. The van der Waals surface area contributed by atoms with Crippen molar-refractivity contribution in [1.82, 2.24) is 4.90 Å². The first-order valence-corrected chi connectivity index (χ1v) is 8.64. The van der Waals surface area contributed by atoms with Crippen molar-refractivity contribution < 1.29 is 4.79 Å². The lowest BCUT2D eigenvalue weighted by atomic mass is 9.90. The average molecular weight is 274 g/mol. The number of hydrogen-bond acceptors (Lipinski definition) is 4. The van der Waals surface area contributed by atoms with Crippen molar-refractivity contribution in [1.29, 1.82) is 0 Å². The zero-order valence-electron chi connectivity index (χ0n) is 10.4. The van der Waals surface area contributed by atoms with Gasteiger partial charge in [0, 0.05) is 36.4 Å². The Kier molecular flexibility index (Phi) is 5.06. The van der Waals surface area contributed by atoms with E-state index in [0.717, 1.165) is 24.5 Å². The van der Waals surface area contributed by atoms with Gasteiger partial charge in [0.25, 0.3) is 0 Å². The number of nitrogens with two attached hydrogens (primary N) is 1. The molecular weight excluding hydrogens is 252 g/mol. The van der Waals surface area contributed by atoms with E-state index in [1.807, 2.05) is 23.5 Å². The molecule has 0 aromatic heterocycles. The van der Waals surface area contributed by atoms with Crippen LogP contribution in [0.2, 0.25) is 0 Å². The van der Waals surface area contributed by atoms with E-state index in [4.69, 9.17) is 5.73 Å². The van der Waals surface area contributed by atoms with Crippen molar-refractivity contribution in [3.8, 4) is 0 Å². The number of nitrogens with zero attached hydrogens (tertiary/aromatic N) is 1. The number of carbonyl (C=O) groups is 1. The molecule has 3 atom stereocenters. The molecular formula is C12H22N2OS2. The maximum absolute atomic E-state index is 12.5. The summed E-state index contributed by atoms with van der Waals surface area (Å²) in [5, 5.41) is 0.174. The Hall–Kier alpha value is 0.130. The molecule has 2 aliphatic heterocycles. The Morgan fingerprint density at radius 3 is 2.94 bits per heavy atom. The standard InChI is InChI=1S/C12H22N2OS2/c1-9-3-2-4-14(10(9)7-13)12(15)11-8-16-5-6-17-11/h9-11H,2-8,13H2,1H3/t9-,10-,11-/m1/s1. The van der Waals surface area contributed by atoms with Gasteiger partial charge in [-0.2, -0.15) is 11.8 Å². The van der Waals surface area contributed by atoms with Crippen LogP contribution in [-0.2, 0) is 4.79 Å². The number of carbonyl (C=O) groups excluding carboxylic acids is 1. The maximum Gasteiger partial charge on any atom is 0.236 e. The molecule has 0 aliphatic carbocycles. The van der Waals surface area contributed by atoms with E-state index in [1.165, 1.54) is 12.2 Å². The normalized spacial score (nSPS) is 34.7. The second kappa shape index (κ2) is 6.34. The summed E-state index contributed by atoms with van der Waals surface area (Å²) < 4.78 is 0. The number of thioether (sulfide) groups is 2. The van der Waals surface area contributed by atoms with E-state index in [9.17, 15) is 4.79 Å². The molecule has 2 rings (SSSR count). The van der Waals surface area contributed by atoms with Crippen LogP contribution in [0.3, 0.4) is 0 Å². The molecule has 2 heterocycles. The molecule has 0 bridgehead atoms. The smallest absolute Gasteiger partial charge is 0.236 e. The van der Waals surface area contributed by atoms with E-state index < -0.39 is 0 Å². The van der Waals surface area contributed by atoms with Gasteiger partial charge < -0.3 is 10.6 Å². The maximum atomic E-state index is 12.5. The van der Waals surface area contributed by atoms with Gasteiger partial charge in [0.2, 0.25) is 5.91 Å². The molecule has 5 heteroatoms. The van der Waals surface area contributed by atoms with Crippen molar-refractivity contribution in [2.24, 2.45) is 11.7 Å². The molecule has 17 heavy (non-hydrogen) atoms. The van der Waals surface area contributed by atoms with Gasteiger partial charge in [-0.25, -0.2) is 0 Å². The molecule has 1 amide bonds. The summed E-state index contributed by atoms with van der Waals surface area (Å²) in [6.07, 6.45) is 2.34. The van der Waals surface area contributed by atoms with Crippen molar-refractivity contribution in [3.63, 3.8) is 0 Å². The van der Waals surface area contributed by atoms with E-state index in [0.29, 0.717) is 18.4 Å². The number of amides is 1. The monoisotopic (exact) mass is 274 g/mol. The summed E-state index contributed by atoms with van der Waals surface area (Å²) in [5.74, 6) is 4.16. The highest BCUT2D eigenvalue weighted by Gasteiger charge is 2.35. The summed E-state index contributed by atoms with van der Waals surface area (Å²) in [7, 11) is 0. The molecule has 0 spiro atoms. The summed E-state index contributed by atoms with van der Waals surface area (Å²) in [6.45, 7) is 3.74. The van der Waals surface area contributed by atoms with Crippen LogP contribution in [0.1, 0.15) is 19.8 Å². The molecule has 0 radical (unpaired) electrons. The Morgan fingerprint density at radius 1 is 1.47 bits per heavy atom. The van der Waals surface area contributed by atoms with Crippen molar-refractivity contribution in [2.45, 2.75) is 31.1 Å². The van der Waals surface area contributed by atoms with Gasteiger partial charge >= 0.3 is 0 Å². The summed E-state index contributed by atoms with van der Waals surface area (Å²) in [6, 6.07) is 0.267. The average Bonchev–Trinajstić information content (AvgIpc) is 2.38. The van der Waals surface area contributed by atoms with Crippen LogP contribution in [0.4, 0.5) is 0 Å². The second-order valence-electron chi connectivity index (χ2n) is 4.89. The quantitative estimate of drug-likeness (QED) is 0.827. The van der Waals surface area contributed by atoms with Gasteiger partial charge in [-0.1, -0.05) is 6.92 Å². The lowest BCUT2D eigenvalue weighted by molar-refractivity contribution is -0.135. The van der Waals surface area contributed by atoms with Crippen LogP contribution < -0.4 is 5.73 Å². The van der Waals surface area contributed by atoms with Crippen LogP contribution in [-0.4, -0.2) is 52.4 Å². The van der Waals surface area contributed by atoms with E-state index in [1.54, 1.807) is 0 Å². The van der Waals surface area contributed by atoms with Crippen LogP contribution in [0, 0.1) is 5.92 Å². The molecule has 2 N–H and O–H groups in total. The van der Waals surface area contributed by atoms with E-state index >= 15 is 0 Å². The minimum absolute atomic E-state index is 0.174. The lowest BCUT2D eigenvalue weighted by Crippen LogP contribution is -2.54. The number of piperidine rings is 1. The summed E-state index contributed by atoms with van der Waals surface area (Å²) >= 11 is 3.73. The fourth-order valence-corrected chi connectivity index (χ4v) is 5.31. The highest BCUT2D eigenvalue weighted by atomic mass is 32.2. The number of hydrogen-bond donors (Lipinski definition) is 1. The van der Waals surface area contributed by atoms with Gasteiger partial charge in [-0.3, -0.25) is 4.79 Å². The van der Waals surface area contributed by atoms with Crippen molar-refractivity contribution in [3.05, 3.63) is 0 Å². The second-order valence-corrected chi connectivity index (χ2v) is 7.35. The highest BCUT2D eigenvalue weighted by molar-refractivity contribution is 8.07. The molecule has 0 unspecified atom stereocenters. The first-order chi connectivity index (χ1) is 8.24. The van der Waals surface area contributed by atoms with Gasteiger partial charge in [0.05, 0.1) is 5.25 Å². The van der Waals surface area contributed by atoms with E-state index in [2.05, 4.69) is 11.8 Å². The zero-order valence-corrected chi connectivity index (χ0v) is 12.1. The van der Waals surface area contributed by atoms with Crippen LogP contribution >= 0.6 is 23.5 Å². The summed E-state index contributed by atoms with van der Waals surface area (Å²) in [5.41, 5.74) is 5.85. The minimum atomic E-state index is 0.174. The third-order valence-corrected chi connectivity index (χ3v) is 6.47. The van der Waals surface area contributed by atoms with Gasteiger partial charge in [0.1, 0.15) is 0 Å². The zero-order chi connectivity index (χ0) is 12.3. The van der Waals surface area contributed by atoms with Gasteiger partial charge in [-0.15, -0.1) is 11.8 Å². The van der Waals surface area contributed by atoms with E-state index in [-0.39, 0.29) is 11.3 Å². The fraction of sp³-hybridized carbons (Fsp3) is 0.917. The van der Waals surface area contributed by atoms with Crippen LogP contribution in [0.15, 0.2) is 0 Å². The Bertz CT molecular complexity index is 269. The third kappa shape index (κ3) is 3.12.